The molecule has 0 saturated heterocycles. The molecule has 1 aromatic rings. The number of hydrogen-bond acceptors (Lipinski definition) is 1. The molecule has 0 aliphatic heterocycles. The monoisotopic (exact) mass is 484 g/mol. The van der Waals surface area contributed by atoms with E-state index in [0.29, 0.717) is 11.3 Å². The van der Waals surface area contributed by atoms with Crippen LogP contribution in [0.5, 0.6) is 5.75 Å². The van der Waals surface area contributed by atoms with Gasteiger partial charge in [-0.25, -0.2) is 0 Å². The van der Waals surface area contributed by atoms with Crippen LogP contribution in [0.2, 0.25) is 0 Å². The molecule has 0 atom stereocenters. The average molecular weight is 485 g/mol. The minimum absolute atomic E-state index is 0. The van der Waals surface area contributed by atoms with Gasteiger partial charge < -0.3 is 16.3 Å². The third-order valence-corrected chi connectivity index (χ3v) is 11.4. The van der Waals surface area contributed by atoms with Gasteiger partial charge in [-0.05, 0) is 63.5 Å². The van der Waals surface area contributed by atoms with Crippen molar-refractivity contribution in [1.29, 1.82) is 0 Å². The molecule has 2 aliphatic carbocycles. The van der Waals surface area contributed by atoms with Gasteiger partial charge in [-0.3, -0.25) is 0 Å². The summed E-state index contributed by atoms with van der Waals surface area (Å²) in [5.41, 5.74) is 2.89. The van der Waals surface area contributed by atoms with Gasteiger partial charge in [0.25, 0.3) is 0 Å². The molecule has 0 heterocycles. The predicted molar refractivity (Wildman–Crippen MR) is 94.3 cm³/mol. The first-order chi connectivity index (χ1) is 11.5. The van der Waals surface area contributed by atoms with E-state index in [-0.39, 0.29) is 26.2 Å². The molecule has 2 fully saturated rings. The molecule has 0 amide bonds. The summed E-state index contributed by atoms with van der Waals surface area (Å²) in [5, 5.41) is 0.984. The number of ether oxygens (including phenoxy) is 1. The van der Waals surface area contributed by atoms with Crippen LogP contribution in [0.25, 0.3) is 0 Å². The van der Waals surface area contributed by atoms with Crippen LogP contribution in [0, 0.1) is 5.62 Å². The molecule has 2 aliphatic rings. The molecule has 144 valence electrons. The van der Waals surface area contributed by atoms with Crippen molar-refractivity contribution in [1.82, 2.24) is 0 Å². The fourth-order valence-electron chi connectivity index (χ4n) is 4.52. The Kier molecular flexibility index (Phi) is 7.67. The molecule has 0 aromatic heterocycles. The maximum Gasteiger partial charge on any atom is 0.573 e. The van der Waals surface area contributed by atoms with Crippen molar-refractivity contribution in [3.63, 3.8) is 0 Å². The Labute approximate surface area is 167 Å². The molecular formula is C18H23ClF3OPPd. The van der Waals surface area contributed by atoms with Crippen LogP contribution in [-0.2, 0) is 20.4 Å². The van der Waals surface area contributed by atoms with Gasteiger partial charge in [-0.15, -0.1) is 13.2 Å². The number of alkyl halides is 3. The van der Waals surface area contributed by atoms with Gasteiger partial charge in [-0.1, -0.05) is 18.9 Å². The summed E-state index contributed by atoms with van der Waals surface area (Å²) >= 11 is 6.47. The molecule has 0 spiro atoms. The maximum atomic E-state index is 12.6. The van der Waals surface area contributed by atoms with Gasteiger partial charge >= 0.3 is 6.36 Å². The quantitative estimate of drug-likeness (QED) is 0.264. The molecule has 0 bridgehead atoms. The third kappa shape index (κ3) is 4.73. The molecule has 25 heavy (non-hydrogen) atoms. The van der Waals surface area contributed by atoms with E-state index in [4.69, 9.17) is 11.6 Å². The maximum absolute atomic E-state index is 12.6. The Morgan fingerprint density at radius 3 is 1.96 bits per heavy atom. The zero-order chi connectivity index (χ0) is 17.2. The average Bonchev–Trinajstić information content (AvgIpc) is 3.21. The zero-order valence-electron chi connectivity index (χ0n) is 13.9. The Bertz CT molecular complexity index is 541. The molecular weight excluding hydrogens is 462 g/mol. The minimum atomic E-state index is -4.66. The van der Waals surface area contributed by atoms with Gasteiger partial charge in [-0.2, -0.15) is 0 Å². The van der Waals surface area contributed by atoms with E-state index in [0.717, 1.165) is 31.0 Å². The summed E-state index contributed by atoms with van der Waals surface area (Å²) in [7, 11) is -1.82. The smallest absolute Gasteiger partial charge is 0.406 e. The van der Waals surface area contributed by atoms with Crippen molar-refractivity contribution in [3.8, 4) is 5.75 Å². The minimum Gasteiger partial charge on any atom is -0.406 e. The number of halogens is 4. The van der Waals surface area contributed by atoms with Crippen LogP contribution >= 0.6 is 18.9 Å². The van der Waals surface area contributed by atoms with E-state index in [1.807, 2.05) is 11.7 Å². The van der Waals surface area contributed by atoms with Crippen molar-refractivity contribution in [3.05, 3.63) is 29.9 Å². The summed E-state index contributed by atoms with van der Waals surface area (Å²) in [6.45, 7) is 0. The molecule has 2 saturated carbocycles. The number of benzene rings is 1. The number of rotatable bonds is 5. The van der Waals surface area contributed by atoms with Crippen molar-refractivity contribution in [2.75, 3.05) is 0 Å². The fraction of sp³-hybridized carbons (Fsp3) is 0.611. The zero-order valence-corrected chi connectivity index (χ0v) is 17.1. The van der Waals surface area contributed by atoms with E-state index >= 15 is 0 Å². The summed E-state index contributed by atoms with van der Waals surface area (Å²) in [6.07, 6.45) is 4.67. The summed E-state index contributed by atoms with van der Waals surface area (Å²) in [4.78, 5) is 0. The molecule has 0 unspecified atom stereocenters. The van der Waals surface area contributed by atoms with E-state index in [1.165, 1.54) is 31.7 Å². The second-order valence-corrected chi connectivity index (χ2v) is 11.3. The van der Waals surface area contributed by atoms with Crippen LogP contribution in [0.1, 0.15) is 51.4 Å². The van der Waals surface area contributed by atoms with Gasteiger partial charge in [0.1, 0.15) is 5.75 Å². The SMILES string of the molecule is FC(F)(F)Oc1cccc([P+]([CH-]Cl)(C2CCCC2)C2CCCC2)c1.[Pd]. The van der Waals surface area contributed by atoms with E-state index in [1.54, 1.807) is 12.1 Å². The van der Waals surface area contributed by atoms with Crippen LogP contribution in [-0.4, -0.2) is 17.7 Å². The third-order valence-electron chi connectivity index (χ3n) is 5.52. The molecule has 1 nitrogen and oxygen atoms in total. The summed E-state index contributed by atoms with van der Waals surface area (Å²) in [6, 6.07) is 6.61. The van der Waals surface area contributed by atoms with E-state index < -0.39 is 13.6 Å². The van der Waals surface area contributed by atoms with Crippen molar-refractivity contribution >= 4 is 24.2 Å². The van der Waals surface area contributed by atoms with Crippen molar-refractivity contribution in [2.45, 2.75) is 69.0 Å². The first-order valence-electron chi connectivity index (χ1n) is 8.65. The van der Waals surface area contributed by atoms with Crippen molar-refractivity contribution in [2.24, 2.45) is 0 Å². The van der Waals surface area contributed by atoms with E-state index in [2.05, 4.69) is 4.74 Å². The first kappa shape index (κ1) is 21.5. The van der Waals surface area contributed by atoms with Crippen LogP contribution in [0.15, 0.2) is 24.3 Å². The standard InChI is InChI=1S/C18H23ClF3OP.Pd/c19-13-24(15-7-1-2-8-15,16-9-3-4-10-16)17-11-5-6-14(12-17)23-18(20,21)22;/h5-6,11-13,15-16H,1-4,7-10H2;. The molecule has 1 aromatic carbocycles. The predicted octanol–water partition coefficient (Wildman–Crippen LogP) is 6.47. The molecule has 3 rings (SSSR count). The van der Waals surface area contributed by atoms with Crippen LogP contribution < -0.4 is 10.0 Å². The summed E-state index contributed by atoms with van der Waals surface area (Å²) in [5.74, 6) is -0.126. The van der Waals surface area contributed by atoms with E-state index in [9.17, 15) is 13.2 Å². The first-order valence-corrected chi connectivity index (χ1v) is 11.1. The van der Waals surface area contributed by atoms with Gasteiger partial charge in [0.2, 0.25) is 0 Å². The Morgan fingerprint density at radius 2 is 1.52 bits per heavy atom. The second kappa shape index (κ2) is 8.92. The van der Waals surface area contributed by atoms with Gasteiger partial charge in [0, 0.05) is 37.8 Å². The Morgan fingerprint density at radius 1 is 1.00 bits per heavy atom. The molecule has 0 radical (unpaired) electrons. The number of hydrogen-bond donors (Lipinski definition) is 0. The Balaban J connectivity index is 0.00000225. The van der Waals surface area contributed by atoms with Crippen LogP contribution in [0.4, 0.5) is 13.2 Å². The van der Waals surface area contributed by atoms with Crippen LogP contribution in [0.3, 0.4) is 0 Å². The normalized spacial score (nSPS) is 19.8. The summed E-state index contributed by atoms with van der Waals surface area (Å²) < 4.78 is 42.0. The second-order valence-electron chi connectivity index (χ2n) is 6.85. The molecule has 7 heteroatoms. The fourth-order valence-corrected chi connectivity index (χ4v) is 10.8. The van der Waals surface area contributed by atoms with Gasteiger partial charge in [0.15, 0.2) is 0 Å². The van der Waals surface area contributed by atoms with Gasteiger partial charge in [0.05, 0.1) is 5.30 Å². The van der Waals surface area contributed by atoms with Crippen molar-refractivity contribution < 1.29 is 38.3 Å². The largest absolute Gasteiger partial charge is 0.573 e. The topological polar surface area (TPSA) is 9.23 Å². The Hall–Kier alpha value is 0.192. The molecule has 0 N–H and O–H groups in total.